The number of aromatic nitrogens is 6. The van der Waals surface area contributed by atoms with Gasteiger partial charge in [0.25, 0.3) is 5.56 Å². The normalized spacial score (nSPS) is 21.9. The second kappa shape index (κ2) is 10.2. The Kier molecular flexibility index (Phi) is 6.80. The number of nitrogens with one attached hydrogen (secondary N) is 1. The zero-order chi connectivity index (χ0) is 29.9. The van der Waals surface area contributed by atoms with Crippen molar-refractivity contribution in [2.45, 2.75) is 32.1 Å². The third-order valence-corrected chi connectivity index (χ3v) is 9.12. The maximum atomic E-state index is 14.2. The predicted octanol–water partition coefficient (Wildman–Crippen LogP) is 1.62. The lowest BCUT2D eigenvalue weighted by molar-refractivity contribution is -0.123. The third kappa shape index (κ3) is 4.61. The summed E-state index contributed by atoms with van der Waals surface area (Å²) in [7, 11) is 2.78. The van der Waals surface area contributed by atoms with E-state index in [1.165, 1.54) is 36.4 Å². The van der Waals surface area contributed by atoms with Crippen molar-refractivity contribution in [1.29, 1.82) is 0 Å². The molecule has 42 heavy (non-hydrogen) atoms. The average molecular weight is 597 g/mol. The predicted molar refractivity (Wildman–Crippen MR) is 154 cm³/mol. The molecule has 6 rings (SSSR count). The maximum absolute atomic E-state index is 14.2. The number of carbonyl (C=O) groups excluding carboxylic acids is 2. The molecular formula is C27H29FN8O5S. The number of hydrogen-bond donors (Lipinski definition) is 1. The lowest BCUT2D eigenvalue weighted by Gasteiger charge is -2.21. The quantitative estimate of drug-likeness (QED) is 0.305. The molecule has 15 heteroatoms. The Labute approximate surface area is 242 Å². The standard InChI is InChI=1S/C27H29FN8O5S/c1-14(36-13-30-22-21(36)25(39)35(26(40)33(22)3)8-16(37)11-41-4)23(38)31-19-12-42-24(32-19)15-5-6-20(29-7-15)34-9-17-18(10-34)27(17,2)28/h5-7,12-14,17-18H,8-11H2,1-4H3,(H,31,38)/t14-,17?,18?,27?/m0/s1. The first-order chi connectivity index (χ1) is 20.0. The Hall–Kier alpha value is -4.24. The van der Waals surface area contributed by atoms with Crippen LogP contribution in [0.1, 0.15) is 19.9 Å². The highest BCUT2D eigenvalue weighted by Gasteiger charge is 2.66. The minimum Gasteiger partial charge on any atom is -0.377 e. The Morgan fingerprint density at radius 1 is 1.24 bits per heavy atom. The molecule has 4 aromatic heterocycles. The molecule has 13 nitrogen and oxygen atoms in total. The molecule has 2 unspecified atom stereocenters. The first-order valence-electron chi connectivity index (χ1n) is 13.3. The van der Waals surface area contributed by atoms with Crippen LogP contribution >= 0.6 is 11.3 Å². The van der Waals surface area contributed by atoms with Crippen LogP contribution in [0, 0.1) is 11.8 Å². The lowest BCUT2D eigenvalue weighted by Crippen LogP contribution is -2.42. The van der Waals surface area contributed by atoms with Gasteiger partial charge in [0.15, 0.2) is 16.9 Å². The van der Waals surface area contributed by atoms with Gasteiger partial charge >= 0.3 is 5.69 Å². The number of piperidine rings is 1. The fourth-order valence-corrected chi connectivity index (χ4v) is 6.38. The number of nitrogens with zero attached hydrogens (tertiary/aromatic N) is 7. The number of imidazole rings is 1. The van der Waals surface area contributed by atoms with E-state index in [2.05, 4.69) is 25.2 Å². The molecule has 5 heterocycles. The number of ketones is 1. The molecule has 0 radical (unpaired) electrons. The van der Waals surface area contributed by atoms with Gasteiger partial charge in [-0.05, 0) is 26.0 Å². The topological polar surface area (TPSA) is 146 Å². The highest BCUT2D eigenvalue weighted by atomic mass is 32.1. The van der Waals surface area contributed by atoms with E-state index in [0.717, 1.165) is 20.5 Å². The highest BCUT2D eigenvalue weighted by molar-refractivity contribution is 7.13. The van der Waals surface area contributed by atoms with E-state index in [4.69, 9.17) is 4.74 Å². The highest BCUT2D eigenvalue weighted by Crippen LogP contribution is 2.58. The Bertz CT molecular complexity index is 1810. The van der Waals surface area contributed by atoms with Crippen molar-refractivity contribution in [3.05, 3.63) is 50.9 Å². The summed E-state index contributed by atoms with van der Waals surface area (Å²) in [6.07, 6.45) is 3.03. The largest absolute Gasteiger partial charge is 0.377 e. The molecular weight excluding hydrogens is 567 g/mol. The zero-order valence-electron chi connectivity index (χ0n) is 23.4. The van der Waals surface area contributed by atoms with Crippen molar-refractivity contribution in [3.8, 4) is 10.6 Å². The van der Waals surface area contributed by atoms with Crippen molar-refractivity contribution in [1.82, 2.24) is 28.7 Å². The third-order valence-electron chi connectivity index (χ3n) is 8.23. The fraction of sp³-hybridized carbons (Fsp3) is 0.444. The van der Waals surface area contributed by atoms with E-state index >= 15 is 0 Å². The summed E-state index contributed by atoms with van der Waals surface area (Å²) in [5, 5.41) is 5.13. The molecule has 0 aromatic carbocycles. The van der Waals surface area contributed by atoms with Gasteiger partial charge in [-0.25, -0.2) is 24.1 Å². The van der Waals surface area contributed by atoms with Crippen LogP contribution in [0.2, 0.25) is 0 Å². The van der Waals surface area contributed by atoms with E-state index < -0.39 is 41.2 Å². The number of amides is 1. The van der Waals surface area contributed by atoms with Crippen LogP contribution < -0.4 is 21.5 Å². The second-order valence-electron chi connectivity index (χ2n) is 10.9. The number of alkyl halides is 1. The van der Waals surface area contributed by atoms with Gasteiger partial charge in [0, 0.05) is 56.2 Å². The first kappa shape index (κ1) is 27.9. The van der Waals surface area contributed by atoms with Gasteiger partial charge in [-0.3, -0.25) is 23.5 Å². The van der Waals surface area contributed by atoms with Gasteiger partial charge < -0.3 is 19.5 Å². The number of fused-ring (bicyclic) bond motifs is 2. The summed E-state index contributed by atoms with van der Waals surface area (Å²) in [5.41, 5.74) is -1.59. The minimum absolute atomic E-state index is 0.0153. The van der Waals surface area contributed by atoms with Gasteiger partial charge in [0.1, 0.15) is 35.0 Å². The number of aryl methyl sites for hydroxylation is 1. The molecule has 4 aromatic rings. The molecule has 1 saturated carbocycles. The summed E-state index contributed by atoms with van der Waals surface area (Å²) in [6, 6.07) is 2.90. The molecule has 2 aliphatic rings. The summed E-state index contributed by atoms with van der Waals surface area (Å²) < 4.78 is 22.3. The summed E-state index contributed by atoms with van der Waals surface area (Å²) >= 11 is 1.34. The van der Waals surface area contributed by atoms with Gasteiger partial charge in [-0.15, -0.1) is 11.3 Å². The average Bonchev–Trinajstić information content (AvgIpc) is 3.55. The maximum Gasteiger partial charge on any atom is 0.332 e. The van der Waals surface area contributed by atoms with Crippen molar-refractivity contribution < 1.29 is 18.7 Å². The summed E-state index contributed by atoms with van der Waals surface area (Å²) in [4.78, 5) is 66.6. The van der Waals surface area contributed by atoms with Crippen LogP contribution in [-0.4, -0.2) is 72.8 Å². The molecule has 2 fully saturated rings. The summed E-state index contributed by atoms with van der Waals surface area (Å²) in [6.45, 7) is 3.87. The number of halogens is 1. The number of rotatable bonds is 9. The molecule has 1 amide bonds. The van der Waals surface area contributed by atoms with Gasteiger partial charge in [-0.1, -0.05) is 0 Å². The van der Waals surface area contributed by atoms with E-state index in [0.29, 0.717) is 23.9 Å². The van der Waals surface area contributed by atoms with E-state index in [-0.39, 0.29) is 29.6 Å². The summed E-state index contributed by atoms with van der Waals surface area (Å²) in [5.74, 6) is 0.371. The first-order valence-corrected chi connectivity index (χ1v) is 14.2. The van der Waals surface area contributed by atoms with Crippen LogP contribution in [0.25, 0.3) is 21.7 Å². The number of thiazole rings is 1. The van der Waals surface area contributed by atoms with Crippen molar-refractivity contribution in [3.63, 3.8) is 0 Å². The molecule has 1 aliphatic carbocycles. The van der Waals surface area contributed by atoms with Gasteiger partial charge in [0.05, 0.1) is 12.9 Å². The van der Waals surface area contributed by atoms with Crippen molar-refractivity contribution >= 4 is 45.8 Å². The SMILES string of the molecule is COCC(=O)Cn1c(=O)c2c(ncn2[C@@H](C)C(=O)Nc2csc(-c3ccc(N4CC5C(C4)C5(C)F)nc3)n2)n(C)c1=O. The van der Waals surface area contributed by atoms with Crippen molar-refractivity contribution in [2.24, 2.45) is 18.9 Å². The number of methoxy groups -OCH3 is 1. The van der Waals surface area contributed by atoms with Crippen LogP contribution in [0.5, 0.6) is 0 Å². The zero-order valence-corrected chi connectivity index (χ0v) is 24.2. The minimum atomic E-state index is -1.05. The molecule has 3 atom stereocenters. The Balaban J connectivity index is 1.17. The van der Waals surface area contributed by atoms with E-state index in [1.54, 1.807) is 25.4 Å². The molecule has 220 valence electrons. The lowest BCUT2D eigenvalue weighted by atomic mass is 10.2. The molecule has 0 spiro atoms. The van der Waals surface area contributed by atoms with Gasteiger partial charge in [-0.2, -0.15) is 0 Å². The van der Waals surface area contributed by atoms with Crippen molar-refractivity contribution in [2.75, 3.05) is 37.0 Å². The second-order valence-corrected chi connectivity index (χ2v) is 11.8. The van der Waals surface area contributed by atoms with Crippen LogP contribution in [0.3, 0.4) is 0 Å². The number of anilines is 2. The monoisotopic (exact) mass is 596 g/mol. The van der Waals surface area contributed by atoms with Crippen LogP contribution in [-0.2, 0) is 27.9 Å². The van der Waals surface area contributed by atoms with Crippen LogP contribution in [0.4, 0.5) is 16.0 Å². The molecule has 0 bridgehead atoms. The molecule has 1 saturated heterocycles. The molecule has 1 aliphatic heterocycles. The van der Waals surface area contributed by atoms with Gasteiger partial charge in [0.2, 0.25) is 5.91 Å². The van der Waals surface area contributed by atoms with E-state index in [9.17, 15) is 23.6 Å². The Morgan fingerprint density at radius 2 is 1.98 bits per heavy atom. The van der Waals surface area contributed by atoms with Crippen LogP contribution in [0.15, 0.2) is 39.6 Å². The van der Waals surface area contributed by atoms with E-state index in [1.807, 2.05) is 12.1 Å². The smallest absolute Gasteiger partial charge is 0.332 e. The number of hydrogen-bond acceptors (Lipinski definition) is 10. The number of ether oxygens (including phenoxy) is 1. The number of Topliss-reactive ketones (excluding diaryl/α,β-unsaturated/α-hetero) is 1. The number of pyridine rings is 1. The Morgan fingerprint density at radius 3 is 2.64 bits per heavy atom. The number of carbonyl (C=O) groups is 2. The fourth-order valence-electron chi connectivity index (χ4n) is 5.63. The molecule has 1 N–H and O–H groups in total.